The van der Waals surface area contributed by atoms with E-state index in [9.17, 15) is 13.6 Å². The zero-order valence-corrected chi connectivity index (χ0v) is 8.74. The molecule has 0 saturated carbocycles. The van der Waals surface area contributed by atoms with Crippen LogP contribution in [0, 0.1) is 6.92 Å². The highest BCUT2D eigenvalue weighted by Crippen LogP contribution is 2.26. The van der Waals surface area contributed by atoms with Gasteiger partial charge in [0.05, 0.1) is 0 Å². The number of rotatable bonds is 5. The molecule has 5 heteroatoms. The summed E-state index contributed by atoms with van der Waals surface area (Å²) in [4.78, 5) is 10.4. The number of alkyl halides is 2. The molecule has 1 N–H and O–H groups in total. The van der Waals surface area contributed by atoms with E-state index in [-0.39, 0.29) is 18.6 Å². The summed E-state index contributed by atoms with van der Waals surface area (Å²) in [7, 11) is 0. The summed E-state index contributed by atoms with van der Waals surface area (Å²) in [6, 6.07) is 4.92. The summed E-state index contributed by atoms with van der Waals surface area (Å²) in [6.07, 6.45) is 0.0715. The zero-order chi connectivity index (χ0) is 12.1. The predicted octanol–water partition coefficient (Wildman–Crippen LogP) is 2.61. The second-order valence-electron chi connectivity index (χ2n) is 3.34. The van der Waals surface area contributed by atoms with Gasteiger partial charge in [0.25, 0.3) is 0 Å². The van der Waals surface area contributed by atoms with Crippen LogP contribution in [-0.2, 0) is 11.2 Å². The second-order valence-corrected chi connectivity index (χ2v) is 3.34. The first-order valence-corrected chi connectivity index (χ1v) is 4.76. The number of para-hydroxylation sites is 1. The highest BCUT2D eigenvalue weighted by Gasteiger charge is 2.12. The van der Waals surface area contributed by atoms with Crippen LogP contribution >= 0.6 is 0 Å². The summed E-state index contributed by atoms with van der Waals surface area (Å²) < 4.78 is 28.7. The Morgan fingerprint density at radius 3 is 2.75 bits per heavy atom. The molecule has 0 heterocycles. The van der Waals surface area contributed by atoms with Gasteiger partial charge < -0.3 is 9.84 Å². The standard InChI is InChI=1S/C11H12F2O3/c1-7-3-2-4-8(5-6-9(14)15)10(7)16-11(12)13/h2-4,11H,5-6H2,1H3,(H,14,15). The Labute approximate surface area is 91.7 Å². The first kappa shape index (κ1) is 12.4. The van der Waals surface area contributed by atoms with Crippen molar-refractivity contribution in [1.29, 1.82) is 0 Å². The van der Waals surface area contributed by atoms with E-state index in [4.69, 9.17) is 5.11 Å². The van der Waals surface area contributed by atoms with Gasteiger partial charge in [0.15, 0.2) is 0 Å². The Morgan fingerprint density at radius 2 is 2.19 bits per heavy atom. The van der Waals surface area contributed by atoms with Crippen molar-refractivity contribution in [3.63, 3.8) is 0 Å². The van der Waals surface area contributed by atoms with Crippen molar-refractivity contribution in [2.75, 3.05) is 0 Å². The minimum atomic E-state index is -2.90. The van der Waals surface area contributed by atoms with Crippen molar-refractivity contribution in [1.82, 2.24) is 0 Å². The summed E-state index contributed by atoms with van der Waals surface area (Å²) >= 11 is 0. The third-order valence-corrected chi connectivity index (χ3v) is 2.11. The van der Waals surface area contributed by atoms with Gasteiger partial charge in [0, 0.05) is 6.42 Å². The van der Waals surface area contributed by atoms with Crippen molar-refractivity contribution in [2.24, 2.45) is 0 Å². The van der Waals surface area contributed by atoms with Crippen molar-refractivity contribution < 1.29 is 23.4 Å². The van der Waals surface area contributed by atoms with Crippen LogP contribution in [0.25, 0.3) is 0 Å². The summed E-state index contributed by atoms with van der Waals surface area (Å²) in [5, 5.41) is 8.53. The summed E-state index contributed by atoms with van der Waals surface area (Å²) in [5.74, 6) is -0.886. The van der Waals surface area contributed by atoms with Crippen LogP contribution in [0.4, 0.5) is 8.78 Å². The van der Waals surface area contributed by atoms with Crippen molar-refractivity contribution >= 4 is 5.97 Å². The lowest BCUT2D eigenvalue weighted by Crippen LogP contribution is -2.07. The van der Waals surface area contributed by atoms with Crippen LogP contribution in [0.5, 0.6) is 5.75 Å². The molecular formula is C11H12F2O3. The number of carboxylic acid groups (broad SMARTS) is 1. The number of hydrogen-bond donors (Lipinski definition) is 1. The van der Waals surface area contributed by atoms with E-state index in [0.717, 1.165) is 0 Å². The molecule has 0 spiro atoms. The van der Waals surface area contributed by atoms with E-state index in [2.05, 4.69) is 4.74 Å². The molecular weight excluding hydrogens is 218 g/mol. The number of carboxylic acids is 1. The molecule has 88 valence electrons. The lowest BCUT2D eigenvalue weighted by atomic mass is 10.1. The van der Waals surface area contributed by atoms with Gasteiger partial charge in [-0.15, -0.1) is 0 Å². The largest absolute Gasteiger partial charge is 0.481 e. The third kappa shape index (κ3) is 3.49. The maximum Gasteiger partial charge on any atom is 0.387 e. The molecule has 1 rings (SSSR count). The normalized spacial score (nSPS) is 10.5. The number of benzene rings is 1. The van der Waals surface area contributed by atoms with E-state index >= 15 is 0 Å². The average molecular weight is 230 g/mol. The molecule has 0 aromatic heterocycles. The lowest BCUT2D eigenvalue weighted by molar-refractivity contribution is -0.136. The van der Waals surface area contributed by atoms with Gasteiger partial charge in [-0.2, -0.15) is 8.78 Å². The van der Waals surface area contributed by atoms with Gasteiger partial charge in [-0.1, -0.05) is 18.2 Å². The minimum Gasteiger partial charge on any atom is -0.481 e. The van der Waals surface area contributed by atoms with Gasteiger partial charge >= 0.3 is 12.6 Å². The van der Waals surface area contributed by atoms with Gasteiger partial charge in [0.1, 0.15) is 5.75 Å². The molecule has 0 aliphatic rings. The highest BCUT2D eigenvalue weighted by atomic mass is 19.3. The molecule has 0 amide bonds. The number of aliphatic carboxylic acids is 1. The van der Waals surface area contributed by atoms with Crippen molar-refractivity contribution in [3.8, 4) is 5.75 Å². The molecule has 0 atom stereocenters. The van der Waals surface area contributed by atoms with E-state index in [0.29, 0.717) is 11.1 Å². The van der Waals surface area contributed by atoms with Crippen molar-refractivity contribution in [3.05, 3.63) is 29.3 Å². The van der Waals surface area contributed by atoms with E-state index in [1.165, 1.54) is 0 Å². The average Bonchev–Trinajstić information content (AvgIpc) is 2.18. The van der Waals surface area contributed by atoms with Crippen LogP contribution in [0.1, 0.15) is 17.5 Å². The Morgan fingerprint density at radius 1 is 1.50 bits per heavy atom. The third-order valence-electron chi connectivity index (χ3n) is 2.11. The number of ether oxygens (including phenoxy) is 1. The van der Waals surface area contributed by atoms with Gasteiger partial charge in [-0.3, -0.25) is 4.79 Å². The molecule has 1 aromatic rings. The van der Waals surface area contributed by atoms with Crippen LogP contribution < -0.4 is 4.74 Å². The molecule has 0 saturated heterocycles. The van der Waals surface area contributed by atoms with E-state index in [1.807, 2.05) is 0 Å². The fraction of sp³-hybridized carbons (Fsp3) is 0.364. The number of hydrogen-bond acceptors (Lipinski definition) is 2. The predicted molar refractivity (Wildman–Crippen MR) is 53.8 cm³/mol. The van der Waals surface area contributed by atoms with Crippen LogP contribution in [0.15, 0.2) is 18.2 Å². The first-order chi connectivity index (χ1) is 7.50. The smallest absolute Gasteiger partial charge is 0.387 e. The molecule has 0 unspecified atom stereocenters. The maximum atomic E-state index is 12.1. The summed E-state index contributed by atoms with van der Waals surface area (Å²) in [6.45, 7) is -1.26. The Bertz CT molecular complexity index is 377. The van der Waals surface area contributed by atoms with Crippen LogP contribution in [-0.4, -0.2) is 17.7 Å². The zero-order valence-electron chi connectivity index (χ0n) is 8.74. The van der Waals surface area contributed by atoms with Gasteiger partial charge in [-0.25, -0.2) is 0 Å². The van der Waals surface area contributed by atoms with Crippen molar-refractivity contribution in [2.45, 2.75) is 26.4 Å². The fourth-order valence-corrected chi connectivity index (χ4v) is 1.41. The minimum absolute atomic E-state index is 0.0822. The molecule has 0 aliphatic heterocycles. The lowest BCUT2D eigenvalue weighted by Gasteiger charge is -2.12. The van der Waals surface area contributed by atoms with Crippen LogP contribution in [0.3, 0.4) is 0 Å². The highest BCUT2D eigenvalue weighted by molar-refractivity contribution is 5.67. The van der Waals surface area contributed by atoms with Gasteiger partial charge in [0.2, 0.25) is 0 Å². The first-order valence-electron chi connectivity index (χ1n) is 4.76. The van der Waals surface area contributed by atoms with E-state index in [1.54, 1.807) is 25.1 Å². The molecule has 0 radical (unpaired) electrons. The Hall–Kier alpha value is -1.65. The molecule has 0 fully saturated rings. The fourth-order valence-electron chi connectivity index (χ4n) is 1.41. The second kappa shape index (κ2) is 5.44. The molecule has 1 aromatic carbocycles. The Balaban J connectivity index is 2.89. The molecule has 3 nitrogen and oxygen atoms in total. The van der Waals surface area contributed by atoms with E-state index < -0.39 is 12.6 Å². The van der Waals surface area contributed by atoms with Crippen LogP contribution in [0.2, 0.25) is 0 Å². The molecule has 0 aliphatic carbocycles. The molecule has 0 bridgehead atoms. The number of aryl methyl sites for hydroxylation is 2. The quantitative estimate of drug-likeness (QED) is 0.845. The summed E-state index contributed by atoms with van der Waals surface area (Å²) in [5.41, 5.74) is 1.06. The SMILES string of the molecule is Cc1cccc(CCC(=O)O)c1OC(F)F. The topological polar surface area (TPSA) is 46.5 Å². The molecule has 16 heavy (non-hydrogen) atoms. The Kier molecular flexibility index (Phi) is 4.22. The monoisotopic (exact) mass is 230 g/mol. The maximum absolute atomic E-state index is 12.1. The van der Waals surface area contributed by atoms with Gasteiger partial charge in [-0.05, 0) is 24.5 Å². The number of carbonyl (C=O) groups is 1. The number of halogens is 2.